The number of benzene rings is 2. The van der Waals surface area contributed by atoms with Crippen molar-refractivity contribution in [3.63, 3.8) is 0 Å². The number of rotatable bonds is 7. The van der Waals surface area contributed by atoms with Crippen LogP contribution < -0.4 is 11.4 Å². The molecule has 0 unspecified atom stereocenters. The van der Waals surface area contributed by atoms with Crippen LogP contribution >= 0.6 is 23.8 Å². The standard InChI is InChI=1S/C22H21ClN4O5S/c1-13(24-32-12-14-7-5-4-6-8-14)11-15-9-10-16(19(28)29)17(23)18(15)27-20(30)25(2)22(33)26(3)21(27)31/h4-10H,11-12H2,1-3H3,(H,28,29). The van der Waals surface area contributed by atoms with E-state index in [2.05, 4.69) is 5.16 Å². The van der Waals surface area contributed by atoms with Gasteiger partial charge in [-0.05, 0) is 36.3 Å². The topological polar surface area (TPSA) is 108 Å². The fraction of sp³-hybridized carbons (Fsp3) is 0.227. The van der Waals surface area contributed by atoms with Crippen LogP contribution in [0.15, 0.2) is 57.2 Å². The molecule has 0 spiro atoms. The summed E-state index contributed by atoms with van der Waals surface area (Å²) in [6, 6.07) is 12.3. The number of hydrogen-bond donors (Lipinski definition) is 1. The van der Waals surface area contributed by atoms with E-state index in [9.17, 15) is 19.5 Å². The van der Waals surface area contributed by atoms with Crippen molar-refractivity contribution < 1.29 is 14.7 Å². The molecule has 0 aliphatic carbocycles. The van der Waals surface area contributed by atoms with E-state index in [-0.39, 0.29) is 34.1 Å². The fourth-order valence-corrected chi connectivity index (χ4v) is 3.72. The predicted molar refractivity (Wildman–Crippen MR) is 127 cm³/mol. The van der Waals surface area contributed by atoms with Crippen LogP contribution in [0.4, 0.5) is 0 Å². The Labute approximate surface area is 198 Å². The first kappa shape index (κ1) is 24.1. The molecule has 33 heavy (non-hydrogen) atoms. The van der Waals surface area contributed by atoms with E-state index >= 15 is 0 Å². The van der Waals surface area contributed by atoms with Gasteiger partial charge in [0.05, 0.1) is 22.0 Å². The molecule has 0 radical (unpaired) electrons. The van der Waals surface area contributed by atoms with Crippen LogP contribution in [-0.4, -0.2) is 30.5 Å². The van der Waals surface area contributed by atoms with Gasteiger partial charge in [0.15, 0.2) is 4.77 Å². The number of aromatic carboxylic acids is 1. The van der Waals surface area contributed by atoms with Gasteiger partial charge in [0.2, 0.25) is 0 Å². The van der Waals surface area contributed by atoms with Crippen LogP contribution in [0.2, 0.25) is 5.02 Å². The lowest BCUT2D eigenvalue weighted by Crippen LogP contribution is -2.44. The van der Waals surface area contributed by atoms with E-state index in [1.807, 2.05) is 30.3 Å². The SMILES string of the molecule is CC(Cc1ccc(C(=O)O)c(Cl)c1-n1c(=O)n(C)c(=S)n(C)c1=O)=NOCc1ccccc1. The largest absolute Gasteiger partial charge is 0.478 e. The van der Waals surface area contributed by atoms with Gasteiger partial charge in [0.25, 0.3) is 0 Å². The van der Waals surface area contributed by atoms with Crippen LogP contribution in [0, 0.1) is 4.77 Å². The van der Waals surface area contributed by atoms with Crippen LogP contribution in [0.3, 0.4) is 0 Å². The minimum Gasteiger partial charge on any atom is -0.478 e. The minimum absolute atomic E-state index is 0.0142. The van der Waals surface area contributed by atoms with E-state index in [0.717, 1.165) is 19.3 Å². The van der Waals surface area contributed by atoms with Crippen molar-refractivity contribution in [1.82, 2.24) is 13.7 Å². The number of carboxylic acids is 1. The first-order chi connectivity index (χ1) is 15.6. The summed E-state index contributed by atoms with van der Waals surface area (Å²) in [5, 5.41) is 13.4. The van der Waals surface area contributed by atoms with E-state index in [1.54, 1.807) is 6.92 Å². The monoisotopic (exact) mass is 488 g/mol. The Kier molecular flexibility index (Phi) is 7.29. The summed E-state index contributed by atoms with van der Waals surface area (Å²) in [4.78, 5) is 43.0. The maximum absolute atomic E-state index is 12.9. The lowest BCUT2D eigenvalue weighted by atomic mass is 10.0. The minimum atomic E-state index is -1.29. The first-order valence-corrected chi connectivity index (χ1v) is 10.6. The molecule has 11 heteroatoms. The summed E-state index contributed by atoms with van der Waals surface area (Å²) in [5.41, 5.74) is 0.115. The second-order valence-corrected chi connectivity index (χ2v) is 8.05. The van der Waals surface area contributed by atoms with Crippen LogP contribution in [0.25, 0.3) is 5.69 Å². The molecule has 0 saturated heterocycles. The van der Waals surface area contributed by atoms with Crippen LogP contribution in [-0.2, 0) is 32.0 Å². The van der Waals surface area contributed by atoms with Crippen LogP contribution in [0.5, 0.6) is 0 Å². The van der Waals surface area contributed by atoms with Crippen molar-refractivity contribution in [2.45, 2.75) is 20.0 Å². The lowest BCUT2D eigenvalue weighted by Gasteiger charge is -2.17. The number of nitrogens with zero attached hydrogens (tertiary/aromatic N) is 4. The number of halogens is 1. The van der Waals surface area contributed by atoms with E-state index < -0.39 is 17.3 Å². The van der Waals surface area contributed by atoms with Gasteiger partial charge < -0.3 is 9.94 Å². The Morgan fingerprint density at radius 3 is 2.27 bits per heavy atom. The number of carboxylic acid groups (broad SMARTS) is 1. The van der Waals surface area contributed by atoms with Gasteiger partial charge in [-0.3, -0.25) is 9.13 Å². The molecule has 0 amide bonds. The molecular weight excluding hydrogens is 468 g/mol. The molecule has 172 valence electrons. The fourth-order valence-electron chi connectivity index (χ4n) is 3.22. The third-order valence-electron chi connectivity index (χ3n) is 4.92. The van der Waals surface area contributed by atoms with Crippen molar-refractivity contribution in [2.75, 3.05) is 0 Å². The van der Waals surface area contributed by atoms with Gasteiger partial charge in [-0.1, -0.05) is 53.2 Å². The zero-order valence-electron chi connectivity index (χ0n) is 18.1. The maximum Gasteiger partial charge on any atom is 0.338 e. The van der Waals surface area contributed by atoms with Gasteiger partial charge >= 0.3 is 17.3 Å². The van der Waals surface area contributed by atoms with Crippen molar-refractivity contribution in [1.29, 1.82) is 0 Å². The molecule has 3 rings (SSSR count). The molecule has 0 atom stereocenters. The van der Waals surface area contributed by atoms with Crippen molar-refractivity contribution in [2.24, 2.45) is 19.3 Å². The summed E-state index contributed by atoms with van der Waals surface area (Å²) in [6.07, 6.45) is 0.151. The highest BCUT2D eigenvalue weighted by atomic mass is 35.5. The second-order valence-electron chi connectivity index (χ2n) is 7.30. The Morgan fingerprint density at radius 2 is 1.70 bits per heavy atom. The second kappa shape index (κ2) is 9.97. The van der Waals surface area contributed by atoms with Gasteiger partial charge in [-0.2, -0.15) is 0 Å². The maximum atomic E-state index is 12.9. The Hall–Kier alpha value is -3.50. The highest BCUT2D eigenvalue weighted by molar-refractivity contribution is 7.71. The number of hydrogen-bond acceptors (Lipinski definition) is 6. The third kappa shape index (κ3) is 4.96. The van der Waals surface area contributed by atoms with E-state index in [0.29, 0.717) is 11.3 Å². The van der Waals surface area contributed by atoms with Crippen molar-refractivity contribution >= 4 is 35.5 Å². The van der Waals surface area contributed by atoms with Crippen molar-refractivity contribution in [3.05, 3.63) is 89.9 Å². The lowest BCUT2D eigenvalue weighted by molar-refractivity contribution is 0.0697. The highest BCUT2D eigenvalue weighted by Gasteiger charge is 2.22. The molecular formula is C22H21ClN4O5S. The zero-order chi connectivity index (χ0) is 24.3. The average Bonchev–Trinajstić information content (AvgIpc) is 2.78. The number of carbonyl (C=O) groups is 1. The number of oxime groups is 1. The molecule has 0 saturated carbocycles. The molecule has 0 fully saturated rings. The van der Waals surface area contributed by atoms with Gasteiger partial charge in [-0.25, -0.2) is 19.0 Å². The predicted octanol–water partition coefficient (Wildman–Crippen LogP) is 3.09. The molecule has 1 heterocycles. The summed E-state index contributed by atoms with van der Waals surface area (Å²) in [5.74, 6) is -1.29. The van der Waals surface area contributed by atoms with E-state index in [1.165, 1.54) is 26.2 Å². The first-order valence-electron chi connectivity index (χ1n) is 9.77. The normalized spacial score (nSPS) is 11.5. The molecule has 0 aliphatic heterocycles. The summed E-state index contributed by atoms with van der Waals surface area (Å²) < 4.78 is 3.04. The smallest absolute Gasteiger partial charge is 0.338 e. The molecule has 0 aliphatic rings. The Balaban J connectivity index is 2.10. The molecule has 9 nitrogen and oxygen atoms in total. The molecule has 2 aromatic carbocycles. The third-order valence-corrected chi connectivity index (χ3v) is 5.86. The summed E-state index contributed by atoms with van der Waals surface area (Å²) >= 11 is 11.5. The average molecular weight is 489 g/mol. The zero-order valence-corrected chi connectivity index (χ0v) is 19.7. The molecule has 0 bridgehead atoms. The Bertz CT molecular complexity index is 1380. The molecule has 3 aromatic rings. The van der Waals surface area contributed by atoms with Gasteiger partial charge in [-0.15, -0.1) is 0 Å². The van der Waals surface area contributed by atoms with Crippen molar-refractivity contribution in [3.8, 4) is 5.69 Å². The molecule has 1 aromatic heterocycles. The highest BCUT2D eigenvalue weighted by Crippen LogP contribution is 2.28. The summed E-state index contributed by atoms with van der Waals surface area (Å²) in [7, 11) is 2.83. The van der Waals surface area contributed by atoms with Gasteiger partial charge in [0.1, 0.15) is 6.61 Å². The van der Waals surface area contributed by atoms with Crippen LogP contribution in [0.1, 0.15) is 28.4 Å². The Morgan fingerprint density at radius 1 is 1.09 bits per heavy atom. The van der Waals surface area contributed by atoms with E-state index in [4.69, 9.17) is 28.7 Å². The number of aromatic nitrogens is 3. The summed E-state index contributed by atoms with van der Waals surface area (Å²) in [6.45, 7) is 1.97. The quantitative estimate of drug-likeness (QED) is 0.311. The van der Waals surface area contributed by atoms with Gasteiger partial charge in [0, 0.05) is 20.5 Å². The molecule has 1 N–H and O–H groups in total.